The average Bonchev–Trinajstić information content (AvgIpc) is 3.12. The Labute approximate surface area is 170 Å². The number of fused-ring (bicyclic) bond motifs is 2. The summed E-state index contributed by atoms with van der Waals surface area (Å²) in [5.74, 6) is 0.164. The lowest BCUT2D eigenvalue weighted by Crippen LogP contribution is -2.60. The van der Waals surface area contributed by atoms with Gasteiger partial charge in [-0.2, -0.15) is 0 Å². The molecule has 2 aromatic rings. The maximum atomic E-state index is 11.8. The Bertz CT molecular complexity index is 991. The van der Waals surface area contributed by atoms with Gasteiger partial charge in [0.25, 0.3) is 0 Å². The van der Waals surface area contributed by atoms with Crippen LogP contribution in [0.3, 0.4) is 0 Å². The molecule has 5 N–H and O–H groups in total. The maximum absolute atomic E-state index is 11.8. The Balaban J connectivity index is 1.78. The van der Waals surface area contributed by atoms with Gasteiger partial charge in [0.05, 0.1) is 12.2 Å². The van der Waals surface area contributed by atoms with Crippen LogP contribution in [0.25, 0.3) is 11.0 Å². The van der Waals surface area contributed by atoms with Gasteiger partial charge in [0.2, 0.25) is 12.0 Å². The first-order valence-corrected chi connectivity index (χ1v) is 9.56. The van der Waals surface area contributed by atoms with Gasteiger partial charge >= 0.3 is 5.63 Å². The lowest BCUT2D eigenvalue weighted by Gasteiger charge is -2.39. The van der Waals surface area contributed by atoms with Crippen LogP contribution < -0.4 is 15.1 Å². The molecule has 4 rings (SSSR count). The van der Waals surface area contributed by atoms with Crippen molar-refractivity contribution in [2.45, 2.75) is 62.7 Å². The summed E-state index contributed by atoms with van der Waals surface area (Å²) in [6, 6.07) is 4.54. The summed E-state index contributed by atoms with van der Waals surface area (Å²) in [6.07, 6.45) is -7.75. The van der Waals surface area contributed by atoms with Crippen molar-refractivity contribution in [3.05, 3.63) is 34.2 Å². The van der Waals surface area contributed by atoms with Crippen LogP contribution in [0.4, 0.5) is 0 Å². The third-order valence-electron chi connectivity index (χ3n) is 5.43. The molecule has 1 fully saturated rings. The van der Waals surface area contributed by atoms with Crippen molar-refractivity contribution in [2.75, 3.05) is 6.61 Å². The minimum atomic E-state index is -1.66. The highest BCUT2D eigenvalue weighted by Gasteiger charge is 2.46. The van der Waals surface area contributed by atoms with Gasteiger partial charge in [-0.15, -0.1) is 0 Å². The number of aliphatic hydroxyl groups excluding tert-OH is 4. The SMILES string of the molecule is CC(C)(O)[C@H]1Cc2cc3ccc(=O)oc3c(O[C@H]3O[C@H](CO)[C@@H](O)[C@H](O)[C@H]3O)c2O1. The monoisotopic (exact) mass is 424 g/mol. The summed E-state index contributed by atoms with van der Waals surface area (Å²) >= 11 is 0. The van der Waals surface area contributed by atoms with E-state index in [1.54, 1.807) is 26.0 Å². The van der Waals surface area contributed by atoms with Crippen molar-refractivity contribution in [1.82, 2.24) is 0 Å². The molecule has 1 saturated heterocycles. The second kappa shape index (κ2) is 7.49. The number of hydrogen-bond donors (Lipinski definition) is 5. The normalized spacial score (nSPS) is 31.4. The number of rotatable bonds is 4. The zero-order chi connectivity index (χ0) is 21.8. The third-order valence-corrected chi connectivity index (χ3v) is 5.43. The molecule has 3 heterocycles. The highest BCUT2D eigenvalue weighted by molar-refractivity contribution is 5.87. The molecular formula is C20H24O10. The number of hydrogen-bond acceptors (Lipinski definition) is 10. The highest BCUT2D eigenvalue weighted by atomic mass is 16.7. The van der Waals surface area contributed by atoms with E-state index in [0.717, 1.165) is 0 Å². The van der Waals surface area contributed by atoms with E-state index in [1.165, 1.54) is 6.07 Å². The van der Waals surface area contributed by atoms with E-state index >= 15 is 0 Å². The van der Waals surface area contributed by atoms with E-state index in [2.05, 4.69) is 0 Å². The molecule has 164 valence electrons. The van der Waals surface area contributed by atoms with Gasteiger partial charge in [-0.1, -0.05) is 0 Å². The lowest BCUT2D eigenvalue weighted by molar-refractivity contribution is -0.277. The maximum Gasteiger partial charge on any atom is 0.336 e. The van der Waals surface area contributed by atoms with Crippen molar-refractivity contribution < 1.29 is 44.2 Å². The van der Waals surface area contributed by atoms with E-state index in [-0.39, 0.29) is 17.1 Å². The van der Waals surface area contributed by atoms with E-state index in [9.17, 15) is 30.3 Å². The summed E-state index contributed by atoms with van der Waals surface area (Å²) in [4.78, 5) is 11.8. The zero-order valence-electron chi connectivity index (χ0n) is 16.4. The van der Waals surface area contributed by atoms with Gasteiger partial charge in [0.15, 0.2) is 11.3 Å². The fourth-order valence-corrected chi connectivity index (χ4v) is 3.67. The van der Waals surface area contributed by atoms with E-state index < -0.39 is 54.6 Å². The van der Waals surface area contributed by atoms with Gasteiger partial charge in [-0.05, 0) is 26.0 Å². The largest absolute Gasteiger partial charge is 0.483 e. The second-order valence-corrected chi connectivity index (χ2v) is 8.15. The predicted octanol–water partition coefficient (Wildman–Crippen LogP) is -0.954. The lowest BCUT2D eigenvalue weighted by atomic mass is 9.96. The second-order valence-electron chi connectivity index (χ2n) is 8.15. The minimum Gasteiger partial charge on any atom is -0.483 e. The number of aliphatic hydroxyl groups is 5. The standard InChI is InChI=1S/C20H24O10/c1-20(2,26)11-6-9-5-8-3-4-12(22)29-16(8)18(17(9)28-11)30-19-15(25)14(24)13(23)10(7-21)27-19/h3-5,10-11,13-15,19,21,23-26H,6-7H2,1-2H3/t10-,11-,13-,14+,15-,19-/m1/s1. The molecule has 1 aromatic carbocycles. The molecule has 0 amide bonds. The topological polar surface area (TPSA) is 159 Å². The van der Waals surface area contributed by atoms with E-state index in [1.807, 2.05) is 0 Å². The third kappa shape index (κ3) is 3.55. The molecule has 6 atom stereocenters. The Morgan fingerprint density at radius 1 is 1.17 bits per heavy atom. The molecule has 0 bridgehead atoms. The van der Waals surface area contributed by atoms with Crippen molar-refractivity contribution in [2.24, 2.45) is 0 Å². The smallest absolute Gasteiger partial charge is 0.336 e. The molecule has 0 spiro atoms. The van der Waals surface area contributed by atoms with Crippen LogP contribution in [-0.4, -0.2) is 74.6 Å². The molecule has 0 unspecified atom stereocenters. The van der Waals surface area contributed by atoms with Gasteiger partial charge in [0, 0.05) is 23.4 Å². The quantitative estimate of drug-likeness (QED) is 0.387. The van der Waals surface area contributed by atoms with Crippen LogP contribution in [0.15, 0.2) is 27.4 Å². The predicted molar refractivity (Wildman–Crippen MR) is 101 cm³/mol. The first-order chi connectivity index (χ1) is 14.1. The van der Waals surface area contributed by atoms with Gasteiger partial charge < -0.3 is 44.2 Å². The molecule has 1 aromatic heterocycles. The van der Waals surface area contributed by atoms with Crippen LogP contribution in [0.5, 0.6) is 11.5 Å². The first kappa shape index (κ1) is 21.0. The van der Waals surface area contributed by atoms with Crippen molar-refractivity contribution in [3.8, 4) is 11.5 Å². The van der Waals surface area contributed by atoms with Crippen LogP contribution in [0, 0.1) is 0 Å². The molecule has 0 saturated carbocycles. The number of benzene rings is 1. The minimum absolute atomic E-state index is 0.0367. The van der Waals surface area contributed by atoms with Gasteiger partial charge in [-0.25, -0.2) is 4.79 Å². The average molecular weight is 424 g/mol. The fraction of sp³-hybridized carbons (Fsp3) is 0.550. The highest BCUT2D eigenvalue weighted by Crippen LogP contribution is 2.46. The molecule has 2 aliphatic heterocycles. The summed E-state index contributed by atoms with van der Waals surface area (Å²) in [7, 11) is 0. The van der Waals surface area contributed by atoms with Crippen LogP contribution >= 0.6 is 0 Å². The zero-order valence-corrected chi connectivity index (χ0v) is 16.4. The Kier molecular flexibility index (Phi) is 5.25. The summed E-state index contributed by atoms with van der Waals surface area (Å²) in [5, 5.41) is 50.6. The molecule has 2 aliphatic rings. The Hall–Kier alpha value is -2.21. The summed E-state index contributed by atoms with van der Waals surface area (Å²) < 4.78 is 22.4. The molecular weight excluding hydrogens is 400 g/mol. The van der Waals surface area contributed by atoms with Crippen LogP contribution in [-0.2, 0) is 11.2 Å². The molecule has 0 radical (unpaired) electrons. The van der Waals surface area contributed by atoms with Crippen molar-refractivity contribution >= 4 is 11.0 Å². The summed E-state index contributed by atoms with van der Waals surface area (Å²) in [6.45, 7) is 2.58. The van der Waals surface area contributed by atoms with Crippen LogP contribution in [0.1, 0.15) is 19.4 Å². The molecule has 30 heavy (non-hydrogen) atoms. The molecule has 10 heteroatoms. The molecule has 0 aliphatic carbocycles. The van der Waals surface area contributed by atoms with E-state index in [4.69, 9.17) is 18.6 Å². The van der Waals surface area contributed by atoms with Gasteiger partial charge in [0.1, 0.15) is 30.5 Å². The Morgan fingerprint density at radius 2 is 1.90 bits per heavy atom. The summed E-state index contributed by atoms with van der Waals surface area (Å²) in [5.41, 5.74) is -1.09. The van der Waals surface area contributed by atoms with Crippen LogP contribution in [0.2, 0.25) is 0 Å². The Morgan fingerprint density at radius 3 is 2.57 bits per heavy atom. The number of ether oxygens (including phenoxy) is 3. The van der Waals surface area contributed by atoms with E-state index in [0.29, 0.717) is 17.4 Å². The molecule has 10 nitrogen and oxygen atoms in total. The first-order valence-electron chi connectivity index (χ1n) is 9.56. The van der Waals surface area contributed by atoms with Gasteiger partial charge in [-0.3, -0.25) is 0 Å². The fourth-order valence-electron chi connectivity index (χ4n) is 3.67. The van der Waals surface area contributed by atoms with Crippen molar-refractivity contribution in [1.29, 1.82) is 0 Å². The van der Waals surface area contributed by atoms with Crippen molar-refractivity contribution in [3.63, 3.8) is 0 Å².